The van der Waals surface area contributed by atoms with E-state index in [1.165, 1.54) is 6.07 Å². The highest BCUT2D eigenvalue weighted by molar-refractivity contribution is 5.44. The minimum atomic E-state index is -4.13. The van der Waals surface area contributed by atoms with Gasteiger partial charge in [0.2, 0.25) is 0 Å². The van der Waals surface area contributed by atoms with E-state index in [4.69, 9.17) is 5.26 Å². The van der Waals surface area contributed by atoms with Crippen LogP contribution < -0.4 is 5.32 Å². The Morgan fingerprint density at radius 1 is 1.41 bits per heavy atom. The molecule has 0 amide bonds. The van der Waals surface area contributed by atoms with Crippen LogP contribution in [0, 0.1) is 18.3 Å². The third-order valence-electron chi connectivity index (χ3n) is 2.03. The Hall–Kier alpha value is -1.77. The van der Waals surface area contributed by atoms with Gasteiger partial charge in [-0.15, -0.1) is 0 Å². The second-order valence-electron chi connectivity index (χ2n) is 3.64. The third kappa shape index (κ3) is 5.20. The van der Waals surface area contributed by atoms with E-state index in [2.05, 4.69) is 10.3 Å². The zero-order chi connectivity index (χ0) is 12.9. The van der Waals surface area contributed by atoms with E-state index < -0.39 is 12.6 Å². The molecule has 0 aliphatic rings. The van der Waals surface area contributed by atoms with Crippen LogP contribution in [-0.4, -0.2) is 17.7 Å². The summed E-state index contributed by atoms with van der Waals surface area (Å²) < 4.78 is 35.6. The normalized spacial score (nSPS) is 11.0. The maximum absolute atomic E-state index is 11.9. The second-order valence-corrected chi connectivity index (χ2v) is 3.64. The number of hydrogen-bond acceptors (Lipinski definition) is 3. The summed E-state index contributed by atoms with van der Waals surface area (Å²) in [6.07, 6.45) is -4.96. The lowest BCUT2D eigenvalue weighted by molar-refractivity contribution is -0.134. The Kier molecular flexibility index (Phi) is 4.32. The fraction of sp³-hybridized carbons (Fsp3) is 0.455. The van der Waals surface area contributed by atoms with Gasteiger partial charge in [-0.05, 0) is 25.5 Å². The predicted molar refractivity (Wildman–Crippen MR) is 57.5 cm³/mol. The van der Waals surface area contributed by atoms with Crippen molar-refractivity contribution in [2.45, 2.75) is 25.9 Å². The maximum Gasteiger partial charge on any atom is 0.389 e. The van der Waals surface area contributed by atoms with Crippen LogP contribution in [0.2, 0.25) is 0 Å². The molecule has 0 atom stereocenters. The fourth-order valence-corrected chi connectivity index (χ4v) is 1.33. The Labute approximate surface area is 97.3 Å². The molecule has 0 aromatic carbocycles. The average molecular weight is 243 g/mol. The first-order chi connectivity index (χ1) is 7.90. The Morgan fingerprint density at radius 2 is 2.12 bits per heavy atom. The third-order valence-corrected chi connectivity index (χ3v) is 2.03. The number of aromatic nitrogens is 1. The highest BCUT2D eigenvalue weighted by Gasteiger charge is 2.25. The van der Waals surface area contributed by atoms with E-state index in [9.17, 15) is 13.2 Å². The molecule has 6 heteroatoms. The molecule has 1 N–H and O–H groups in total. The Bertz CT molecular complexity index is 421. The predicted octanol–water partition coefficient (Wildman–Crippen LogP) is 3.02. The van der Waals surface area contributed by atoms with Crippen LogP contribution in [0.1, 0.15) is 24.1 Å². The molecule has 1 heterocycles. The summed E-state index contributed by atoms with van der Waals surface area (Å²) >= 11 is 0. The highest BCUT2D eigenvalue weighted by Crippen LogP contribution is 2.21. The van der Waals surface area contributed by atoms with Crippen LogP contribution in [0.3, 0.4) is 0 Å². The molecular weight excluding hydrogens is 231 g/mol. The summed E-state index contributed by atoms with van der Waals surface area (Å²) in [6, 6.07) is 5.09. The van der Waals surface area contributed by atoms with Crippen LogP contribution >= 0.6 is 0 Å². The molecule has 0 unspecified atom stereocenters. The van der Waals surface area contributed by atoms with Crippen molar-refractivity contribution < 1.29 is 13.2 Å². The molecule has 0 spiro atoms. The summed E-state index contributed by atoms with van der Waals surface area (Å²) in [4.78, 5) is 4.07. The number of rotatable bonds is 4. The van der Waals surface area contributed by atoms with Gasteiger partial charge in [0.05, 0.1) is 11.6 Å². The molecule has 0 bridgehead atoms. The molecule has 1 aromatic rings. The van der Waals surface area contributed by atoms with Crippen LogP contribution in [0.25, 0.3) is 0 Å². The first kappa shape index (κ1) is 13.3. The number of alkyl halides is 3. The smallest absolute Gasteiger partial charge is 0.370 e. The van der Waals surface area contributed by atoms with Crippen molar-refractivity contribution in [2.24, 2.45) is 0 Å². The molecule has 92 valence electrons. The van der Waals surface area contributed by atoms with Crippen LogP contribution in [-0.2, 0) is 0 Å². The van der Waals surface area contributed by atoms with Crippen molar-refractivity contribution in [3.8, 4) is 6.07 Å². The molecule has 0 fully saturated rings. The van der Waals surface area contributed by atoms with E-state index >= 15 is 0 Å². The molecule has 0 saturated carbocycles. The number of aryl methyl sites for hydroxylation is 1. The van der Waals surface area contributed by atoms with E-state index in [1.807, 2.05) is 6.07 Å². The topological polar surface area (TPSA) is 48.7 Å². The van der Waals surface area contributed by atoms with Crippen molar-refractivity contribution in [1.82, 2.24) is 4.98 Å². The lowest BCUT2D eigenvalue weighted by Crippen LogP contribution is -2.11. The number of nitriles is 1. The fourth-order valence-electron chi connectivity index (χ4n) is 1.33. The van der Waals surface area contributed by atoms with E-state index in [-0.39, 0.29) is 13.0 Å². The summed E-state index contributed by atoms with van der Waals surface area (Å²) in [7, 11) is 0. The van der Waals surface area contributed by atoms with Gasteiger partial charge in [-0.1, -0.05) is 0 Å². The monoisotopic (exact) mass is 243 g/mol. The number of nitrogens with one attached hydrogen (secondary N) is 1. The van der Waals surface area contributed by atoms with Crippen LogP contribution in [0.4, 0.5) is 19.0 Å². The number of hydrogen-bond donors (Lipinski definition) is 1. The maximum atomic E-state index is 11.9. The van der Waals surface area contributed by atoms with Crippen molar-refractivity contribution in [1.29, 1.82) is 5.26 Å². The van der Waals surface area contributed by atoms with Crippen LogP contribution in [0.15, 0.2) is 12.1 Å². The van der Waals surface area contributed by atoms with Gasteiger partial charge in [-0.2, -0.15) is 18.4 Å². The number of nitrogens with zero attached hydrogens (tertiary/aromatic N) is 2. The zero-order valence-electron chi connectivity index (χ0n) is 9.30. The van der Waals surface area contributed by atoms with Gasteiger partial charge >= 0.3 is 6.18 Å². The number of pyridine rings is 1. The van der Waals surface area contributed by atoms with Gasteiger partial charge in [0.25, 0.3) is 0 Å². The van der Waals surface area contributed by atoms with Gasteiger partial charge < -0.3 is 5.32 Å². The van der Waals surface area contributed by atoms with E-state index in [0.717, 1.165) is 0 Å². The van der Waals surface area contributed by atoms with Crippen molar-refractivity contribution in [2.75, 3.05) is 11.9 Å². The molecule has 3 nitrogen and oxygen atoms in total. The molecule has 1 aromatic heterocycles. The molecule has 0 aliphatic heterocycles. The highest BCUT2D eigenvalue weighted by atomic mass is 19.4. The summed E-state index contributed by atoms with van der Waals surface area (Å²) in [5.41, 5.74) is 1.10. The van der Waals surface area contributed by atoms with Crippen molar-refractivity contribution in [3.05, 3.63) is 23.4 Å². The van der Waals surface area contributed by atoms with E-state index in [1.54, 1.807) is 13.0 Å². The van der Waals surface area contributed by atoms with Gasteiger partial charge in [0.1, 0.15) is 5.82 Å². The SMILES string of the molecule is Cc1cc(C#N)cc(NCCCC(F)(F)F)n1. The zero-order valence-corrected chi connectivity index (χ0v) is 9.30. The van der Waals surface area contributed by atoms with Gasteiger partial charge in [-0.25, -0.2) is 4.98 Å². The summed E-state index contributed by atoms with van der Waals surface area (Å²) in [6.45, 7) is 1.91. The quantitative estimate of drug-likeness (QED) is 0.827. The molecule has 0 radical (unpaired) electrons. The van der Waals surface area contributed by atoms with Gasteiger partial charge in [0.15, 0.2) is 0 Å². The molecule has 17 heavy (non-hydrogen) atoms. The minimum absolute atomic E-state index is 0.0129. The number of halogens is 3. The molecular formula is C11H12F3N3. The van der Waals surface area contributed by atoms with Crippen molar-refractivity contribution in [3.63, 3.8) is 0 Å². The molecule has 0 aliphatic carbocycles. The standard InChI is InChI=1S/C11H12F3N3/c1-8-5-9(7-15)6-10(17-8)16-4-2-3-11(12,13)14/h5-6H,2-4H2,1H3,(H,16,17). The lowest BCUT2D eigenvalue weighted by Gasteiger charge is -2.08. The molecule has 1 rings (SSSR count). The first-order valence-electron chi connectivity index (χ1n) is 5.10. The Morgan fingerprint density at radius 3 is 2.71 bits per heavy atom. The second kappa shape index (κ2) is 5.53. The minimum Gasteiger partial charge on any atom is -0.370 e. The number of anilines is 1. The Balaban J connectivity index is 2.47. The van der Waals surface area contributed by atoms with Crippen LogP contribution in [0.5, 0.6) is 0 Å². The summed E-state index contributed by atoms with van der Waals surface area (Å²) in [5, 5.41) is 11.5. The van der Waals surface area contributed by atoms with Crippen molar-refractivity contribution >= 4 is 5.82 Å². The lowest BCUT2D eigenvalue weighted by atomic mass is 10.2. The average Bonchev–Trinajstić information content (AvgIpc) is 2.22. The summed E-state index contributed by atoms with van der Waals surface area (Å²) in [5.74, 6) is 0.434. The van der Waals surface area contributed by atoms with Gasteiger partial charge in [-0.3, -0.25) is 0 Å². The first-order valence-corrected chi connectivity index (χ1v) is 5.10. The van der Waals surface area contributed by atoms with Gasteiger partial charge in [0, 0.05) is 18.7 Å². The molecule has 0 saturated heterocycles. The largest absolute Gasteiger partial charge is 0.389 e. The van der Waals surface area contributed by atoms with E-state index in [0.29, 0.717) is 17.1 Å².